The zero-order valence-corrected chi connectivity index (χ0v) is 21.2. The summed E-state index contributed by atoms with van der Waals surface area (Å²) in [6.07, 6.45) is 5.02. The normalized spacial score (nSPS) is 26.2. The number of aldehydes is 1. The van der Waals surface area contributed by atoms with Gasteiger partial charge in [-0.2, -0.15) is 0 Å². The van der Waals surface area contributed by atoms with Gasteiger partial charge in [0.05, 0.1) is 13.0 Å². The summed E-state index contributed by atoms with van der Waals surface area (Å²) in [6, 6.07) is -0.878. The standard InChI is InChI=1S/C23H30N4O5S2/c1-14(2)19-21(30)32-15(8-6-4-5-7-9-28)10-17(29)24-11-18-25-16(12-33-18)20-27-23(3,13-34-20)22(31)26-19/h4,6,9,12,14-15,19H,5,7-8,10-11,13H2,1-3H3,(H,24,29)(H,26,31)/b6-4-/t15?,19?,23-/m0/s1. The van der Waals surface area contributed by atoms with Gasteiger partial charge in [-0.25, -0.2) is 9.78 Å². The molecule has 4 bridgehead atoms. The van der Waals surface area contributed by atoms with Crippen molar-refractivity contribution in [2.45, 2.75) is 70.7 Å². The number of aromatic nitrogens is 1. The molecule has 3 atom stereocenters. The van der Waals surface area contributed by atoms with E-state index in [-0.39, 0.29) is 30.7 Å². The molecule has 3 heterocycles. The number of nitrogens with one attached hydrogen (secondary N) is 2. The first-order valence-corrected chi connectivity index (χ1v) is 13.1. The van der Waals surface area contributed by atoms with Crippen molar-refractivity contribution in [1.82, 2.24) is 15.6 Å². The summed E-state index contributed by atoms with van der Waals surface area (Å²) < 4.78 is 5.70. The summed E-state index contributed by atoms with van der Waals surface area (Å²) in [5.74, 6) is -0.999. The third kappa shape index (κ3) is 6.75. The van der Waals surface area contributed by atoms with Gasteiger partial charge in [0.25, 0.3) is 0 Å². The lowest BCUT2D eigenvalue weighted by molar-refractivity contribution is -0.155. The number of carbonyl (C=O) groups excluding carboxylic acids is 4. The second-order valence-corrected chi connectivity index (χ2v) is 10.7. The number of carbonyl (C=O) groups is 4. The molecule has 2 amide bonds. The smallest absolute Gasteiger partial charge is 0.329 e. The molecule has 2 unspecified atom stereocenters. The molecule has 0 fully saturated rings. The number of cyclic esters (lactones) is 1. The molecule has 34 heavy (non-hydrogen) atoms. The highest BCUT2D eigenvalue weighted by atomic mass is 32.2. The first-order chi connectivity index (χ1) is 16.2. The van der Waals surface area contributed by atoms with Gasteiger partial charge in [0, 0.05) is 24.0 Å². The predicted molar refractivity (Wildman–Crippen MR) is 132 cm³/mol. The SMILES string of the molecule is CC(C)C1NC(=O)[C@]2(C)CSC(=N2)c2csc(n2)CNC(=O)CC(C/C=C\CCC=O)OC1=O. The number of thiazole rings is 1. The third-order valence-corrected chi connectivity index (χ3v) is 7.58. The number of thioether (sulfide) groups is 1. The highest BCUT2D eigenvalue weighted by Gasteiger charge is 2.41. The van der Waals surface area contributed by atoms with E-state index in [0.29, 0.717) is 35.8 Å². The molecular formula is C23H30N4O5S2. The molecule has 2 N–H and O–H groups in total. The van der Waals surface area contributed by atoms with Crippen LogP contribution < -0.4 is 10.6 Å². The minimum Gasteiger partial charge on any atom is -0.460 e. The van der Waals surface area contributed by atoms with Gasteiger partial charge in [0.1, 0.15) is 39.7 Å². The Morgan fingerprint density at radius 2 is 2.06 bits per heavy atom. The summed E-state index contributed by atoms with van der Waals surface area (Å²) in [6.45, 7) is 5.64. The van der Waals surface area contributed by atoms with Crippen molar-refractivity contribution >= 4 is 52.2 Å². The Labute approximate surface area is 207 Å². The first-order valence-electron chi connectivity index (χ1n) is 11.3. The van der Waals surface area contributed by atoms with E-state index in [4.69, 9.17) is 4.74 Å². The lowest BCUT2D eigenvalue weighted by Gasteiger charge is -2.27. The molecule has 184 valence electrons. The van der Waals surface area contributed by atoms with Crippen LogP contribution in [0, 0.1) is 5.92 Å². The van der Waals surface area contributed by atoms with Crippen molar-refractivity contribution in [3.8, 4) is 0 Å². The molecule has 2 aliphatic rings. The Hall–Kier alpha value is -2.53. The predicted octanol–water partition coefficient (Wildman–Crippen LogP) is 2.39. The van der Waals surface area contributed by atoms with Gasteiger partial charge in [0.15, 0.2) is 0 Å². The molecule has 0 saturated heterocycles. The fourth-order valence-electron chi connectivity index (χ4n) is 3.42. The number of rotatable bonds is 6. The van der Waals surface area contributed by atoms with E-state index in [1.54, 1.807) is 13.0 Å². The number of ether oxygens (including phenoxy) is 1. The largest absolute Gasteiger partial charge is 0.460 e. The maximum Gasteiger partial charge on any atom is 0.329 e. The molecule has 9 nitrogen and oxygen atoms in total. The number of allylic oxidation sites excluding steroid dienone is 1. The highest BCUT2D eigenvalue weighted by molar-refractivity contribution is 8.14. The minimum atomic E-state index is -1.02. The zero-order chi connectivity index (χ0) is 24.7. The molecule has 0 aromatic carbocycles. The van der Waals surface area contributed by atoms with Crippen molar-refractivity contribution in [1.29, 1.82) is 0 Å². The zero-order valence-electron chi connectivity index (χ0n) is 19.5. The number of fused-ring (bicyclic) bond motifs is 4. The van der Waals surface area contributed by atoms with Crippen LogP contribution in [0.15, 0.2) is 22.5 Å². The molecule has 1 aromatic heterocycles. The molecule has 0 radical (unpaired) electrons. The van der Waals surface area contributed by atoms with E-state index >= 15 is 0 Å². The van der Waals surface area contributed by atoms with Gasteiger partial charge in [0.2, 0.25) is 11.8 Å². The average Bonchev–Trinajstić information content (AvgIpc) is 3.42. The second kappa shape index (κ2) is 11.7. The molecule has 0 aliphatic carbocycles. The van der Waals surface area contributed by atoms with Crippen molar-refractivity contribution < 1.29 is 23.9 Å². The van der Waals surface area contributed by atoms with Gasteiger partial charge < -0.3 is 20.2 Å². The van der Waals surface area contributed by atoms with Gasteiger partial charge in [-0.1, -0.05) is 26.0 Å². The monoisotopic (exact) mass is 506 g/mol. The van der Waals surface area contributed by atoms with E-state index in [1.807, 2.05) is 25.3 Å². The fraction of sp³-hybridized carbons (Fsp3) is 0.565. The molecule has 0 spiro atoms. The second-order valence-electron chi connectivity index (χ2n) is 8.79. The summed E-state index contributed by atoms with van der Waals surface area (Å²) >= 11 is 2.86. The molecule has 11 heteroatoms. The lowest BCUT2D eigenvalue weighted by Crippen LogP contribution is -2.53. The van der Waals surface area contributed by atoms with E-state index < -0.39 is 23.7 Å². The van der Waals surface area contributed by atoms with Crippen molar-refractivity contribution in [3.05, 3.63) is 28.2 Å². The minimum absolute atomic E-state index is 0.0268. The van der Waals surface area contributed by atoms with Gasteiger partial charge >= 0.3 is 5.97 Å². The first kappa shape index (κ1) is 26.1. The highest BCUT2D eigenvalue weighted by Crippen LogP contribution is 2.32. The van der Waals surface area contributed by atoms with Gasteiger partial charge in [-0.15, -0.1) is 23.1 Å². The fourth-order valence-corrected chi connectivity index (χ4v) is 5.35. The van der Waals surface area contributed by atoms with Crippen LogP contribution in [0.1, 0.15) is 57.2 Å². The van der Waals surface area contributed by atoms with Crippen molar-refractivity contribution in [3.63, 3.8) is 0 Å². The van der Waals surface area contributed by atoms with Crippen molar-refractivity contribution in [2.75, 3.05) is 5.75 Å². The van der Waals surface area contributed by atoms with E-state index in [9.17, 15) is 19.2 Å². The number of aliphatic imine (C=N–C) groups is 1. The summed E-state index contributed by atoms with van der Waals surface area (Å²) in [5.41, 5.74) is -0.343. The number of nitrogens with zero attached hydrogens (tertiary/aromatic N) is 2. The number of esters is 1. The van der Waals surface area contributed by atoms with Crippen LogP contribution in [0.3, 0.4) is 0 Å². The average molecular weight is 507 g/mol. The number of hydrogen-bond donors (Lipinski definition) is 2. The topological polar surface area (TPSA) is 127 Å². The number of unbranched alkanes of at least 4 members (excludes halogenated alkanes) is 1. The Balaban J connectivity index is 1.86. The van der Waals surface area contributed by atoms with Crippen LogP contribution in [0.4, 0.5) is 0 Å². The Morgan fingerprint density at radius 1 is 1.26 bits per heavy atom. The van der Waals surface area contributed by atoms with Crippen LogP contribution in [-0.2, 0) is 30.5 Å². The molecule has 2 aliphatic heterocycles. The van der Waals surface area contributed by atoms with Crippen molar-refractivity contribution in [2.24, 2.45) is 10.9 Å². The molecule has 1 aromatic rings. The van der Waals surface area contributed by atoms with Crippen LogP contribution >= 0.6 is 23.1 Å². The number of amides is 2. The Morgan fingerprint density at radius 3 is 2.79 bits per heavy atom. The van der Waals surface area contributed by atoms with Gasteiger partial charge in [-0.05, 0) is 19.3 Å². The van der Waals surface area contributed by atoms with E-state index in [1.165, 1.54) is 23.1 Å². The van der Waals surface area contributed by atoms with E-state index in [2.05, 4.69) is 20.6 Å². The maximum absolute atomic E-state index is 13.2. The van der Waals surface area contributed by atoms with Crippen LogP contribution in [0.5, 0.6) is 0 Å². The summed E-state index contributed by atoms with van der Waals surface area (Å²) in [5, 5.41) is 8.92. The quantitative estimate of drug-likeness (QED) is 0.262. The third-order valence-electron chi connectivity index (χ3n) is 5.45. The van der Waals surface area contributed by atoms with E-state index in [0.717, 1.165) is 11.3 Å². The molecular weight excluding hydrogens is 476 g/mol. The van der Waals surface area contributed by atoms with Crippen LogP contribution in [-0.4, -0.2) is 57.5 Å². The van der Waals surface area contributed by atoms with Gasteiger partial charge in [-0.3, -0.25) is 14.6 Å². The van der Waals surface area contributed by atoms with Crippen LogP contribution in [0.25, 0.3) is 0 Å². The lowest BCUT2D eigenvalue weighted by atomic mass is 10.00. The molecule has 3 rings (SSSR count). The number of hydrogen-bond acceptors (Lipinski definition) is 9. The Bertz CT molecular complexity index is 990. The summed E-state index contributed by atoms with van der Waals surface area (Å²) in [7, 11) is 0. The Kier molecular flexibility index (Phi) is 9.01. The maximum atomic E-state index is 13.2. The van der Waals surface area contributed by atoms with Crippen LogP contribution in [0.2, 0.25) is 0 Å². The molecule has 0 saturated carbocycles. The summed E-state index contributed by atoms with van der Waals surface area (Å²) in [4.78, 5) is 58.5.